The number of hydrogen-bond donors (Lipinski definition) is 0. The minimum absolute atomic E-state index is 0.0488. The van der Waals surface area contributed by atoms with Gasteiger partial charge < -0.3 is 4.90 Å². The lowest BCUT2D eigenvalue weighted by Gasteiger charge is -2.37. The fourth-order valence-corrected chi connectivity index (χ4v) is 2.12. The van der Waals surface area contributed by atoms with Gasteiger partial charge in [-0.1, -0.05) is 6.92 Å². The Labute approximate surface area is 102 Å². The fourth-order valence-electron chi connectivity index (χ4n) is 1.94. The molecular formula is C10H13ClF3NO2. The topological polar surface area (TPSA) is 37.4 Å². The van der Waals surface area contributed by atoms with Crippen LogP contribution in [0.25, 0.3) is 0 Å². The fraction of sp³-hybridized carbons (Fsp3) is 0.800. The normalized spacial score (nSPS) is 25.8. The van der Waals surface area contributed by atoms with Crippen LogP contribution in [0.3, 0.4) is 0 Å². The number of hydrogen-bond acceptors (Lipinski definition) is 2. The molecule has 0 aromatic carbocycles. The summed E-state index contributed by atoms with van der Waals surface area (Å²) in [6.45, 7) is 1.79. The lowest BCUT2D eigenvalue weighted by atomic mass is 9.90. The number of carbonyl (C=O) groups is 2. The van der Waals surface area contributed by atoms with Crippen LogP contribution in [0.15, 0.2) is 0 Å². The van der Waals surface area contributed by atoms with E-state index in [4.69, 9.17) is 11.6 Å². The first-order chi connectivity index (χ1) is 7.77. The summed E-state index contributed by atoms with van der Waals surface area (Å²) in [6, 6.07) is -1.04. The number of rotatable bonds is 2. The van der Waals surface area contributed by atoms with Crippen molar-refractivity contribution in [3.8, 4) is 0 Å². The van der Waals surface area contributed by atoms with Crippen LogP contribution in [0.4, 0.5) is 13.2 Å². The number of nitrogens with zero attached hydrogens (tertiary/aromatic N) is 1. The quantitative estimate of drug-likeness (QED) is 0.720. The Morgan fingerprint density at radius 3 is 2.47 bits per heavy atom. The second kappa shape index (κ2) is 5.25. The van der Waals surface area contributed by atoms with Crippen LogP contribution < -0.4 is 0 Å². The van der Waals surface area contributed by atoms with Crippen LogP contribution in [-0.4, -0.2) is 41.2 Å². The molecule has 1 aliphatic heterocycles. The maximum absolute atomic E-state index is 12.3. The molecule has 0 spiro atoms. The molecule has 1 amide bonds. The number of halogens is 4. The molecule has 1 rings (SSSR count). The molecule has 1 heterocycles. The summed E-state index contributed by atoms with van der Waals surface area (Å²) in [7, 11) is 0. The van der Waals surface area contributed by atoms with E-state index in [1.165, 1.54) is 0 Å². The standard InChI is InChI=1S/C10H13ClF3NO2/c1-6-2-3-15(9(17)10(12,13)14)7(4-6)8(16)5-11/h6-7H,2-5H2,1H3. The zero-order valence-corrected chi connectivity index (χ0v) is 10.0. The highest BCUT2D eigenvalue weighted by molar-refractivity contribution is 6.28. The molecule has 3 nitrogen and oxygen atoms in total. The van der Waals surface area contributed by atoms with Crippen LogP contribution in [0, 0.1) is 5.92 Å². The van der Waals surface area contributed by atoms with Crippen LogP contribution in [0.1, 0.15) is 19.8 Å². The minimum Gasteiger partial charge on any atom is -0.325 e. The third-order valence-electron chi connectivity index (χ3n) is 2.87. The molecular weight excluding hydrogens is 259 g/mol. The third-order valence-corrected chi connectivity index (χ3v) is 3.13. The van der Waals surface area contributed by atoms with Crippen molar-refractivity contribution in [1.29, 1.82) is 0 Å². The molecule has 0 aromatic heterocycles. The molecule has 2 atom stereocenters. The Kier molecular flexibility index (Phi) is 4.41. The van der Waals surface area contributed by atoms with Gasteiger partial charge in [0, 0.05) is 6.54 Å². The average molecular weight is 272 g/mol. The molecule has 0 radical (unpaired) electrons. The predicted octanol–water partition coefficient (Wildman–Crippen LogP) is 1.98. The van der Waals surface area contributed by atoms with Gasteiger partial charge in [-0.15, -0.1) is 11.6 Å². The van der Waals surface area contributed by atoms with E-state index in [2.05, 4.69) is 0 Å². The summed E-state index contributed by atoms with van der Waals surface area (Å²) >= 11 is 5.35. The summed E-state index contributed by atoms with van der Waals surface area (Å²) < 4.78 is 37.0. The summed E-state index contributed by atoms with van der Waals surface area (Å²) in [6.07, 6.45) is -4.23. The van der Waals surface area contributed by atoms with E-state index in [-0.39, 0.29) is 24.8 Å². The van der Waals surface area contributed by atoms with Gasteiger partial charge in [-0.05, 0) is 18.8 Å². The molecule has 7 heteroatoms. The number of ketones is 1. The number of likely N-dealkylation sites (tertiary alicyclic amines) is 1. The van der Waals surface area contributed by atoms with E-state index < -0.39 is 23.9 Å². The van der Waals surface area contributed by atoms with E-state index in [1.54, 1.807) is 0 Å². The van der Waals surface area contributed by atoms with Crippen molar-refractivity contribution in [2.75, 3.05) is 12.4 Å². The molecule has 1 saturated heterocycles. The van der Waals surface area contributed by atoms with Crippen molar-refractivity contribution >= 4 is 23.3 Å². The van der Waals surface area contributed by atoms with Gasteiger partial charge >= 0.3 is 12.1 Å². The predicted molar refractivity (Wildman–Crippen MR) is 55.7 cm³/mol. The van der Waals surface area contributed by atoms with E-state index in [0.717, 1.165) is 0 Å². The molecule has 0 bridgehead atoms. The molecule has 0 aliphatic carbocycles. The van der Waals surface area contributed by atoms with Crippen LogP contribution in [0.5, 0.6) is 0 Å². The van der Waals surface area contributed by atoms with Gasteiger partial charge in [0.1, 0.15) is 0 Å². The smallest absolute Gasteiger partial charge is 0.325 e. The first-order valence-corrected chi connectivity index (χ1v) is 5.77. The lowest BCUT2D eigenvalue weighted by Crippen LogP contribution is -2.54. The van der Waals surface area contributed by atoms with Crippen molar-refractivity contribution in [3.05, 3.63) is 0 Å². The molecule has 0 saturated carbocycles. The van der Waals surface area contributed by atoms with Gasteiger partial charge in [0.05, 0.1) is 11.9 Å². The second-order valence-corrected chi connectivity index (χ2v) is 4.51. The molecule has 0 aromatic rings. The minimum atomic E-state index is -4.94. The van der Waals surface area contributed by atoms with E-state index in [0.29, 0.717) is 11.3 Å². The molecule has 98 valence electrons. The van der Waals surface area contributed by atoms with Crippen molar-refractivity contribution < 1.29 is 22.8 Å². The van der Waals surface area contributed by atoms with E-state index in [1.807, 2.05) is 6.92 Å². The zero-order chi connectivity index (χ0) is 13.2. The maximum Gasteiger partial charge on any atom is 0.471 e. The van der Waals surface area contributed by atoms with E-state index in [9.17, 15) is 22.8 Å². The van der Waals surface area contributed by atoms with Gasteiger partial charge in [0.25, 0.3) is 0 Å². The number of carbonyl (C=O) groups excluding carboxylic acids is 2. The van der Waals surface area contributed by atoms with Crippen molar-refractivity contribution in [2.24, 2.45) is 5.92 Å². The Morgan fingerprint density at radius 2 is 2.00 bits per heavy atom. The van der Waals surface area contributed by atoms with Crippen LogP contribution >= 0.6 is 11.6 Å². The summed E-state index contributed by atoms with van der Waals surface area (Å²) in [4.78, 5) is 23.2. The first-order valence-electron chi connectivity index (χ1n) is 5.23. The highest BCUT2D eigenvalue weighted by Gasteiger charge is 2.47. The van der Waals surface area contributed by atoms with Crippen LogP contribution in [0.2, 0.25) is 0 Å². The van der Waals surface area contributed by atoms with Gasteiger partial charge in [-0.25, -0.2) is 0 Å². The summed E-state index contributed by atoms with van der Waals surface area (Å²) in [5.41, 5.74) is 0. The Morgan fingerprint density at radius 1 is 1.41 bits per heavy atom. The zero-order valence-electron chi connectivity index (χ0n) is 9.26. The Bertz CT molecular complexity index is 319. The highest BCUT2D eigenvalue weighted by Crippen LogP contribution is 2.28. The molecule has 1 fully saturated rings. The summed E-state index contributed by atoms with van der Waals surface area (Å²) in [5.74, 6) is -2.74. The third kappa shape index (κ3) is 3.34. The van der Waals surface area contributed by atoms with E-state index >= 15 is 0 Å². The molecule has 17 heavy (non-hydrogen) atoms. The van der Waals surface area contributed by atoms with Gasteiger partial charge in [-0.3, -0.25) is 9.59 Å². The van der Waals surface area contributed by atoms with Crippen LogP contribution in [-0.2, 0) is 9.59 Å². The monoisotopic (exact) mass is 271 g/mol. The highest BCUT2D eigenvalue weighted by atomic mass is 35.5. The second-order valence-electron chi connectivity index (χ2n) is 4.24. The Hall–Kier alpha value is -0.780. The van der Waals surface area contributed by atoms with Gasteiger partial charge in [0.15, 0.2) is 5.78 Å². The SMILES string of the molecule is CC1CCN(C(=O)C(F)(F)F)C(C(=O)CCl)C1. The molecule has 1 aliphatic rings. The average Bonchev–Trinajstić information content (AvgIpc) is 2.25. The van der Waals surface area contributed by atoms with Crippen molar-refractivity contribution in [1.82, 2.24) is 4.90 Å². The maximum atomic E-state index is 12.3. The van der Waals surface area contributed by atoms with Crippen molar-refractivity contribution in [2.45, 2.75) is 32.0 Å². The van der Waals surface area contributed by atoms with Crippen molar-refractivity contribution in [3.63, 3.8) is 0 Å². The number of alkyl halides is 4. The molecule has 2 unspecified atom stereocenters. The van der Waals surface area contributed by atoms with Gasteiger partial charge in [-0.2, -0.15) is 13.2 Å². The van der Waals surface area contributed by atoms with Gasteiger partial charge in [0.2, 0.25) is 0 Å². The summed E-state index contributed by atoms with van der Waals surface area (Å²) in [5, 5.41) is 0. The number of piperidine rings is 1. The first kappa shape index (κ1) is 14.3. The lowest BCUT2D eigenvalue weighted by molar-refractivity contribution is -0.190. The molecule has 0 N–H and O–H groups in total. The number of amides is 1. The Balaban J connectivity index is 2.88. The number of Topliss-reactive ketones (excluding diaryl/α,β-unsaturated/α-hetero) is 1. The largest absolute Gasteiger partial charge is 0.471 e.